The first-order chi connectivity index (χ1) is 13.4. The summed E-state index contributed by atoms with van der Waals surface area (Å²) in [7, 11) is -3.53. The van der Waals surface area contributed by atoms with E-state index in [1.165, 1.54) is 0 Å². The largest absolute Gasteiger partial charge is 0.291 e. The van der Waals surface area contributed by atoms with Gasteiger partial charge in [-0.3, -0.25) is 9.12 Å². The second-order valence-corrected chi connectivity index (χ2v) is 8.55. The molecule has 28 heavy (non-hydrogen) atoms. The van der Waals surface area contributed by atoms with E-state index in [-0.39, 0.29) is 5.75 Å². The molecule has 0 radical (unpaired) electrons. The van der Waals surface area contributed by atoms with E-state index >= 15 is 0 Å². The molecular formula is C21H20N4O2S. The Balaban J connectivity index is 1.62. The summed E-state index contributed by atoms with van der Waals surface area (Å²) < 4.78 is 29.9. The molecule has 6 nitrogen and oxygen atoms in total. The van der Waals surface area contributed by atoms with Crippen molar-refractivity contribution in [2.75, 3.05) is 4.72 Å². The number of nitrogens with zero attached hydrogens (tertiary/aromatic N) is 3. The topological polar surface area (TPSA) is 76.4 Å². The molecule has 2 aromatic heterocycles. The normalized spacial score (nSPS) is 11.6. The van der Waals surface area contributed by atoms with Crippen molar-refractivity contribution in [3.8, 4) is 11.3 Å². The summed E-state index contributed by atoms with van der Waals surface area (Å²) in [5.74, 6) is 0.523. The summed E-state index contributed by atoms with van der Waals surface area (Å²) in [6, 6.07) is 14.9. The van der Waals surface area contributed by atoms with Crippen LogP contribution in [0.25, 0.3) is 17.0 Å². The number of hydrogen-bond donors (Lipinski definition) is 1. The highest BCUT2D eigenvalue weighted by Gasteiger charge is 2.15. The maximum Gasteiger partial charge on any atom is 0.236 e. The average Bonchev–Trinajstić information content (AvgIpc) is 3.09. The van der Waals surface area contributed by atoms with Crippen LogP contribution in [0.2, 0.25) is 0 Å². The van der Waals surface area contributed by atoms with Gasteiger partial charge in [0.15, 0.2) is 0 Å². The van der Waals surface area contributed by atoms with Gasteiger partial charge in [-0.05, 0) is 37.1 Å². The minimum absolute atomic E-state index is 0.0742. The molecule has 7 heteroatoms. The molecule has 1 N–H and O–H groups in total. The molecule has 0 amide bonds. The highest BCUT2D eigenvalue weighted by atomic mass is 32.2. The zero-order valence-electron chi connectivity index (χ0n) is 15.6. The highest BCUT2D eigenvalue weighted by Crippen LogP contribution is 2.26. The Morgan fingerprint density at radius 2 is 1.86 bits per heavy atom. The van der Waals surface area contributed by atoms with Crippen LogP contribution in [0.5, 0.6) is 0 Å². The van der Waals surface area contributed by atoms with Crippen molar-refractivity contribution in [2.45, 2.75) is 19.6 Å². The number of anilines is 1. The molecule has 0 aliphatic carbocycles. The highest BCUT2D eigenvalue weighted by molar-refractivity contribution is 7.91. The van der Waals surface area contributed by atoms with Gasteiger partial charge in [0.25, 0.3) is 0 Å². The van der Waals surface area contributed by atoms with Crippen LogP contribution in [0.4, 0.5) is 5.69 Å². The molecule has 0 saturated carbocycles. The van der Waals surface area contributed by atoms with Crippen LogP contribution >= 0.6 is 0 Å². The SMILES string of the molecule is Cc1ccc(CS(=O)(=O)Nc2cc(-c3cn4cccnc4n3)ccc2C)cc1. The Morgan fingerprint density at radius 1 is 1.07 bits per heavy atom. The van der Waals surface area contributed by atoms with Gasteiger partial charge in [0, 0.05) is 24.2 Å². The van der Waals surface area contributed by atoms with Crippen LogP contribution in [-0.2, 0) is 15.8 Å². The molecule has 2 heterocycles. The van der Waals surface area contributed by atoms with Crippen molar-refractivity contribution in [3.63, 3.8) is 0 Å². The van der Waals surface area contributed by atoms with Gasteiger partial charge >= 0.3 is 0 Å². The van der Waals surface area contributed by atoms with Crippen molar-refractivity contribution in [2.24, 2.45) is 0 Å². The molecule has 0 aliphatic rings. The zero-order chi connectivity index (χ0) is 19.7. The molecule has 4 rings (SSSR count). The number of imidazole rings is 1. The van der Waals surface area contributed by atoms with Gasteiger partial charge in [0.05, 0.1) is 17.1 Å². The standard InChI is InChI=1S/C21H20N4O2S/c1-15-4-7-17(8-5-15)14-28(26,27)24-19-12-18(9-6-16(19)2)20-13-25-11-3-10-22-21(25)23-20/h3-13,24H,14H2,1-2H3. The maximum atomic E-state index is 12.7. The Morgan fingerprint density at radius 3 is 2.61 bits per heavy atom. The fourth-order valence-electron chi connectivity index (χ4n) is 2.97. The molecule has 0 atom stereocenters. The van der Waals surface area contributed by atoms with Gasteiger partial charge in [-0.15, -0.1) is 0 Å². The predicted octanol–water partition coefficient (Wildman–Crippen LogP) is 3.96. The van der Waals surface area contributed by atoms with Crippen molar-refractivity contribution in [1.82, 2.24) is 14.4 Å². The van der Waals surface area contributed by atoms with Gasteiger partial charge < -0.3 is 0 Å². The molecule has 0 fully saturated rings. The molecule has 0 aliphatic heterocycles. The Hall–Kier alpha value is -3.19. The number of aryl methyl sites for hydroxylation is 2. The number of benzene rings is 2. The summed E-state index contributed by atoms with van der Waals surface area (Å²) in [6.07, 6.45) is 5.43. The molecule has 142 valence electrons. The van der Waals surface area contributed by atoms with E-state index in [1.54, 1.807) is 6.20 Å². The minimum Gasteiger partial charge on any atom is -0.291 e. The predicted molar refractivity (Wildman–Crippen MR) is 111 cm³/mol. The summed E-state index contributed by atoms with van der Waals surface area (Å²) in [5.41, 5.74) is 4.80. The Labute approximate surface area is 164 Å². The Bertz CT molecular complexity index is 1210. The van der Waals surface area contributed by atoms with E-state index in [0.717, 1.165) is 27.9 Å². The van der Waals surface area contributed by atoms with Crippen LogP contribution in [0.1, 0.15) is 16.7 Å². The summed E-state index contributed by atoms with van der Waals surface area (Å²) in [6.45, 7) is 3.85. The van der Waals surface area contributed by atoms with Crippen LogP contribution in [0, 0.1) is 13.8 Å². The fourth-order valence-corrected chi connectivity index (χ4v) is 4.23. The maximum absolute atomic E-state index is 12.7. The van der Waals surface area contributed by atoms with E-state index < -0.39 is 10.0 Å². The molecule has 0 saturated heterocycles. The van der Waals surface area contributed by atoms with E-state index in [4.69, 9.17) is 0 Å². The molecule has 2 aromatic carbocycles. The van der Waals surface area contributed by atoms with Gasteiger partial charge in [0.1, 0.15) is 0 Å². The Kier molecular flexibility index (Phi) is 4.60. The lowest BCUT2D eigenvalue weighted by Gasteiger charge is -2.12. The minimum atomic E-state index is -3.53. The van der Waals surface area contributed by atoms with Gasteiger partial charge in [-0.1, -0.05) is 42.0 Å². The lowest BCUT2D eigenvalue weighted by atomic mass is 10.1. The average molecular weight is 392 g/mol. The quantitative estimate of drug-likeness (QED) is 0.558. The number of fused-ring (bicyclic) bond motifs is 1. The van der Waals surface area contributed by atoms with Gasteiger partial charge in [-0.2, -0.15) is 0 Å². The first kappa shape index (κ1) is 18.2. The second kappa shape index (κ2) is 7.09. The summed E-state index contributed by atoms with van der Waals surface area (Å²) in [4.78, 5) is 8.72. The first-order valence-corrected chi connectivity index (χ1v) is 10.5. The summed E-state index contributed by atoms with van der Waals surface area (Å²) in [5, 5.41) is 0. The molecule has 0 unspecified atom stereocenters. The third kappa shape index (κ3) is 3.89. The van der Waals surface area contributed by atoms with E-state index in [1.807, 2.05) is 79.2 Å². The monoisotopic (exact) mass is 392 g/mol. The lowest BCUT2D eigenvalue weighted by Crippen LogP contribution is -2.15. The molecule has 4 aromatic rings. The van der Waals surface area contributed by atoms with E-state index in [9.17, 15) is 8.42 Å². The van der Waals surface area contributed by atoms with Crippen molar-refractivity contribution >= 4 is 21.5 Å². The third-order valence-electron chi connectivity index (χ3n) is 4.51. The lowest BCUT2D eigenvalue weighted by molar-refractivity contribution is 0.600. The van der Waals surface area contributed by atoms with Crippen LogP contribution in [0.3, 0.4) is 0 Å². The number of aromatic nitrogens is 3. The van der Waals surface area contributed by atoms with Gasteiger partial charge in [0.2, 0.25) is 15.8 Å². The van der Waals surface area contributed by atoms with Crippen molar-refractivity contribution < 1.29 is 8.42 Å². The van der Waals surface area contributed by atoms with Crippen molar-refractivity contribution in [1.29, 1.82) is 0 Å². The third-order valence-corrected chi connectivity index (χ3v) is 5.76. The number of sulfonamides is 1. The number of nitrogens with one attached hydrogen (secondary N) is 1. The number of hydrogen-bond acceptors (Lipinski definition) is 4. The zero-order valence-corrected chi connectivity index (χ0v) is 16.4. The van der Waals surface area contributed by atoms with Gasteiger partial charge in [-0.25, -0.2) is 18.4 Å². The van der Waals surface area contributed by atoms with Crippen LogP contribution in [-0.4, -0.2) is 22.8 Å². The molecule has 0 spiro atoms. The van der Waals surface area contributed by atoms with E-state index in [0.29, 0.717) is 11.5 Å². The second-order valence-electron chi connectivity index (χ2n) is 6.83. The van der Waals surface area contributed by atoms with E-state index in [2.05, 4.69) is 14.7 Å². The molecule has 0 bridgehead atoms. The van der Waals surface area contributed by atoms with Crippen LogP contribution < -0.4 is 4.72 Å². The van der Waals surface area contributed by atoms with Crippen LogP contribution in [0.15, 0.2) is 67.1 Å². The fraction of sp³-hybridized carbons (Fsp3) is 0.143. The number of rotatable bonds is 5. The summed E-state index contributed by atoms with van der Waals surface area (Å²) >= 11 is 0. The van der Waals surface area contributed by atoms with Crippen molar-refractivity contribution in [3.05, 3.63) is 83.8 Å². The smallest absolute Gasteiger partial charge is 0.236 e. The first-order valence-electron chi connectivity index (χ1n) is 8.86. The molecular weight excluding hydrogens is 372 g/mol.